The normalized spacial score (nSPS) is 21.2. The molecule has 0 aliphatic carbocycles. The highest BCUT2D eigenvalue weighted by Crippen LogP contribution is 2.22. The van der Waals surface area contributed by atoms with Crippen LogP contribution in [0.5, 0.6) is 0 Å². The Balaban J connectivity index is 1.71. The third kappa shape index (κ3) is 2.45. The maximum atomic E-state index is 5.75. The Kier molecular flexibility index (Phi) is 2.66. The van der Waals surface area contributed by atoms with Gasteiger partial charge in [0.2, 0.25) is 0 Å². The summed E-state index contributed by atoms with van der Waals surface area (Å²) >= 11 is 7.31. The molecule has 0 radical (unpaired) electrons. The van der Waals surface area contributed by atoms with Crippen LogP contribution in [0.2, 0.25) is 4.34 Å². The molecule has 0 amide bonds. The van der Waals surface area contributed by atoms with Gasteiger partial charge in [0, 0.05) is 4.88 Å². The van der Waals surface area contributed by atoms with Gasteiger partial charge in [-0.3, -0.25) is 0 Å². The summed E-state index contributed by atoms with van der Waals surface area (Å²) < 4.78 is 11.2. The number of rotatable bonds is 4. The number of halogens is 1. The Bertz CT molecular complexity index is 257. The minimum atomic E-state index is 0.348. The van der Waals surface area contributed by atoms with Crippen LogP contribution in [0.3, 0.4) is 0 Å². The lowest BCUT2D eigenvalue weighted by Crippen LogP contribution is -1.99. The van der Waals surface area contributed by atoms with Crippen molar-refractivity contribution in [3.05, 3.63) is 21.3 Å². The van der Waals surface area contributed by atoms with Crippen LogP contribution in [0.4, 0.5) is 0 Å². The van der Waals surface area contributed by atoms with Crippen molar-refractivity contribution in [3.8, 4) is 0 Å². The lowest BCUT2D eigenvalue weighted by atomic mass is 10.5. The van der Waals surface area contributed by atoms with E-state index in [1.165, 1.54) is 4.88 Å². The highest BCUT2D eigenvalue weighted by Gasteiger charge is 2.22. The summed E-state index contributed by atoms with van der Waals surface area (Å²) in [5.74, 6) is 0. The molecule has 0 spiro atoms. The van der Waals surface area contributed by atoms with E-state index in [0.29, 0.717) is 19.3 Å². The van der Waals surface area contributed by atoms with Crippen LogP contribution in [0.25, 0.3) is 0 Å². The van der Waals surface area contributed by atoms with Crippen LogP contribution in [0.1, 0.15) is 4.88 Å². The minimum Gasteiger partial charge on any atom is -0.373 e. The zero-order chi connectivity index (χ0) is 8.39. The van der Waals surface area contributed by atoms with Crippen LogP contribution >= 0.6 is 22.9 Å². The van der Waals surface area contributed by atoms with Crippen molar-refractivity contribution in [1.29, 1.82) is 0 Å². The monoisotopic (exact) mass is 204 g/mol. The van der Waals surface area contributed by atoms with Gasteiger partial charge in [0.1, 0.15) is 6.10 Å². The quantitative estimate of drug-likeness (QED) is 0.703. The van der Waals surface area contributed by atoms with Crippen molar-refractivity contribution in [2.45, 2.75) is 12.7 Å². The van der Waals surface area contributed by atoms with E-state index in [1.807, 2.05) is 12.1 Å². The van der Waals surface area contributed by atoms with Crippen molar-refractivity contribution in [3.63, 3.8) is 0 Å². The van der Waals surface area contributed by atoms with E-state index in [4.69, 9.17) is 21.1 Å². The molecule has 2 rings (SSSR count). The number of hydrogen-bond donors (Lipinski definition) is 0. The maximum Gasteiger partial charge on any atom is 0.104 e. The molecule has 1 aromatic rings. The summed E-state index contributed by atoms with van der Waals surface area (Å²) in [7, 11) is 0. The molecule has 1 aromatic heterocycles. The van der Waals surface area contributed by atoms with E-state index in [0.717, 1.165) is 10.9 Å². The van der Waals surface area contributed by atoms with E-state index in [9.17, 15) is 0 Å². The summed E-state index contributed by atoms with van der Waals surface area (Å²) in [6, 6.07) is 3.87. The Labute approximate surface area is 80.1 Å². The first-order valence-electron chi connectivity index (χ1n) is 3.78. The average Bonchev–Trinajstić information content (AvgIpc) is 2.76. The van der Waals surface area contributed by atoms with Crippen molar-refractivity contribution >= 4 is 22.9 Å². The molecule has 0 aromatic carbocycles. The minimum absolute atomic E-state index is 0.348. The second kappa shape index (κ2) is 3.75. The molecule has 0 saturated carbocycles. The number of ether oxygens (including phenoxy) is 2. The fourth-order valence-electron chi connectivity index (χ4n) is 0.885. The lowest BCUT2D eigenvalue weighted by molar-refractivity contribution is 0.106. The largest absolute Gasteiger partial charge is 0.373 e. The number of thiophene rings is 1. The van der Waals surface area contributed by atoms with Gasteiger partial charge >= 0.3 is 0 Å². The van der Waals surface area contributed by atoms with E-state index < -0.39 is 0 Å². The van der Waals surface area contributed by atoms with Crippen molar-refractivity contribution in [2.75, 3.05) is 13.2 Å². The SMILES string of the molecule is Clc1ccc(COCC2CO2)s1. The van der Waals surface area contributed by atoms with Crippen LogP contribution in [0.15, 0.2) is 12.1 Å². The van der Waals surface area contributed by atoms with Gasteiger partial charge in [-0.1, -0.05) is 11.6 Å². The molecule has 12 heavy (non-hydrogen) atoms. The Morgan fingerprint density at radius 1 is 1.67 bits per heavy atom. The topological polar surface area (TPSA) is 21.8 Å². The summed E-state index contributed by atoms with van der Waals surface area (Å²) in [6.45, 7) is 2.21. The Hall–Kier alpha value is -0.0900. The molecular formula is C8H9ClO2S. The smallest absolute Gasteiger partial charge is 0.104 e. The van der Waals surface area contributed by atoms with E-state index in [-0.39, 0.29) is 0 Å². The molecular weight excluding hydrogens is 196 g/mol. The highest BCUT2D eigenvalue weighted by molar-refractivity contribution is 7.16. The lowest BCUT2D eigenvalue weighted by Gasteiger charge is -1.97. The summed E-state index contributed by atoms with van der Waals surface area (Å²) in [5, 5.41) is 0. The van der Waals surface area contributed by atoms with Gasteiger partial charge in [-0.15, -0.1) is 11.3 Å². The summed E-state index contributed by atoms with van der Waals surface area (Å²) in [4.78, 5) is 1.17. The molecule has 2 nitrogen and oxygen atoms in total. The second-order valence-electron chi connectivity index (χ2n) is 2.68. The molecule has 1 atom stereocenters. The second-order valence-corrected chi connectivity index (χ2v) is 4.48. The first-order chi connectivity index (χ1) is 5.84. The molecule has 2 heterocycles. The molecule has 1 fully saturated rings. The third-order valence-electron chi connectivity index (χ3n) is 1.58. The van der Waals surface area contributed by atoms with Gasteiger partial charge in [0.05, 0.1) is 24.2 Å². The zero-order valence-corrected chi connectivity index (χ0v) is 8.03. The highest BCUT2D eigenvalue weighted by atomic mass is 35.5. The average molecular weight is 205 g/mol. The van der Waals surface area contributed by atoms with Crippen molar-refractivity contribution < 1.29 is 9.47 Å². The molecule has 1 saturated heterocycles. The molecule has 66 valence electrons. The van der Waals surface area contributed by atoms with Crippen LogP contribution in [-0.2, 0) is 16.1 Å². The first-order valence-corrected chi connectivity index (χ1v) is 4.97. The molecule has 0 bridgehead atoms. The van der Waals surface area contributed by atoms with Crippen molar-refractivity contribution in [2.24, 2.45) is 0 Å². The summed E-state index contributed by atoms with van der Waals surface area (Å²) in [6.07, 6.45) is 0.348. The fraction of sp³-hybridized carbons (Fsp3) is 0.500. The van der Waals surface area contributed by atoms with Gasteiger partial charge in [-0.05, 0) is 12.1 Å². The van der Waals surface area contributed by atoms with Gasteiger partial charge in [-0.2, -0.15) is 0 Å². The van der Waals surface area contributed by atoms with E-state index >= 15 is 0 Å². The molecule has 0 N–H and O–H groups in total. The van der Waals surface area contributed by atoms with Gasteiger partial charge in [0.25, 0.3) is 0 Å². The Morgan fingerprint density at radius 3 is 3.08 bits per heavy atom. The third-order valence-corrected chi connectivity index (χ3v) is 2.78. The van der Waals surface area contributed by atoms with Crippen LogP contribution < -0.4 is 0 Å². The fourth-order valence-corrected chi connectivity index (χ4v) is 1.91. The predicted molar refractivity (Wildman–Crippen MR) is 48.7 cm³/mol. The maximum absolute atomic E-state index is 5.75. The van der Waals surface area contributed by atoms with Crippen LogP contribution in [0, 0.1) is 0 Å². The standard InChI is InChI=1S/C8H9ClO2S/c9-8-2-1-7(12-8)5-10-3-6-4-11-6/h1-2,6H,3-5H2. The molecule has 1 aliphatic heterocycles. The summed E-state index contributed by atoms with van der Waals surface area (Å²) in [5.41, 5.74) is 0. The van der Waals surface area contributed by atoms with Gasteiger partial charge < -0.3 is 9.47 Å². The van der Waals surface area contributed by atoms with Crippen LogP contribution in [-0.4, -0.2) is 19.3 Å². The van der Waals surface area contributed by atoms with E-state index in [1.54, 1.807) is 11.3 Å². The zero-order valence-electron chi connectivity index (χ0n) is 6.46. The molecule has 4 heteroatoms. The predicted octanol–water partition coefficient (Wildman–Crippen LogP) is 2.32. The van der Waals surface area contributed by atoms with Gasteiger partial charge in [-0.25, -0.2) is 0 Å². The van der Waals surface area contributed by atoms with Gasteiger partial charge in [0.15, 0.2) is 0 Å². The first kappa shape index (κ1) is 8.51. The molecule has 1 unspecified atom stereocenters. The Morgan fingerprint density at radius 2 is 2.50 bits per heavy atom. The number of hydrogen-bond acceptors (Lipinski definition) is 3. The molecule has 1 aliphatic rings. The number of epoxide rings is 1. The van der Waals surface area contributed by atoms with E-state index in [2.05, 4.69) is 0 Å². The van der Waals surface area contributed by atoms with Crippen molar-refractivity contribution in [1.82, 2.24) is 0 Å².